The molecule has 2 heteroatoms. The number of benzene rings is 8. The van der Waals surface area contributed by atoms with Crippen LogP contribution in [-0.2, 0) is 0 Å². The second-order valence-electron chi connectivity index (χ2n) is 15.9. The first-order chi connectivity index (χ1) is 28.4. The molecule has 1 heterocycles. The summed E-state index contributed by atoms with van der Waals surface area (Å²) >= 11 is 0. The minimum absolute atomic E-state index is 0.939. The van der Waals surface area contributed by atoms with Gasteiger partial charge < -0.3 is 9.47 Å². The highest BCUT2D eigenvalue weighted by Crippen LogP contribution is 2.43. The highest BCUT2D eigenvalue weighted by Gasteiger charge is 2.21. The Bertz CT molecular complexity index is 3090. The second-order valence-corrected chi connectivity index (χ2v) is 15.9. The van der Waals surface area contributed by atoms with Crippen LogP contribution in [0, 0.1) is 27.7 Å². The van der Waals surface area contributed by atoms with Crippen LogP contribution < -0.4 is 4.90 Å². The third-order valence-corrected chi connectivity index (χ3v) is 12.2. The Morgan fingerprint density at radius 1 is 0.431 bits per heavy atom. The number of aromatic nitrogens is 1. The molecule has 0 atom stereocenters. The number of anilines is 2. The lowest BCUT2D eigenvalue weighted by Crippen LogP contribution is -2.18. The number of para-hydroxylation sites is 2. The Morgan fingerprint density at radius 2 is 1.10 bits per heavy atom. The first-order valence-electron chi connectivity index (χ1n) is 20.5. The van der Waals surface area contributed by atoms with Gasteiger partial charge in [-0.05, 0) is 174 Å². The van der Waals surface area contributed by atoms with Crippen LogP contribution in [0.5, 0.6) is 0 Å². The lowest BCUT2D eigenvalue weighted by atomic mass is 9.90. The number of aryl methyl sites for hydroxylation is 4. The molecule has 0 bridgehead atoms. The number of hydrogen-bond acceptors (Lipinski definition) is 1. The highest BCUT2D eigenvalue weighted by atomic mass is 15.1. The monoisotopic (exact) mass is 746 g/mol. The quantitative estimate of drug-likeness (QED) is 0.158. The lowest BCUT2D eigenvalue weighted by Gasteiger charge is -2.30. The largest absolute Gasteiger partial charge is 0.314 e. The molecule has 0 N–H and O–H groups in total. The molecule has 10 rings (SSSR count). The molecule has 9 aromatic rings. The average molecular weight is 747 g/mol. The van der Waals surface area contributed by atoms with E-state index in [1.807, 2.05) is 0 Å². The van der Waals surface area contributed by atoms with E-state index in [1.54, 1.807) is 0 Å². The minimum Gasteiger partial charge on any atom is -0.314 e. The van der Waals surface area contributed by atoms with Gasteiger partial charge in [0.25, 0.3) is 0 Å². The maximum atomic E-state index is 2.45. The zero-order chi connectivity index (χ0) is 39.3. The van der Waals surface area contributed by atoms with Crippen molar-refractivity contribution >= 4 is 49.5 Å². The van der Waals surface area contributed by atoms with Gasteiger partial charge in [0.15, 0.2) is 0 Å². The highest BCUT2D eigenvalue weighted by molar-refractivity contribution is 6.16. The first kappa shape index (κ1) is 35.5. The number of rotatable bonds is 7. The van der Waals surface area contributed by atoms with Gasteiger partial charge in [-0.1, -0.05) is 115 Å². The molecule has 58 heavy (non-hydrogen) atoms. The number of hydrogen-bond donors (Lipinski definition) is 0. The van der Waals surface area contributed by atoms with Crippen molar-refractivity contribution in [2.75, 3.05) is 4.90 Å². The van der Waals surface area contributed by atoms with Crippen molar-refractivity contribution in [1.29, 1.82) is 0 Å². The topological polar surface area (TPSA) is 8.17 Å². The fourth-order valence-electron chi connectivity index (χ4n) is 9.29. The third kappa shape index (κ3) is 6.13. The fourth-order valence-corrected chi connectivity index (χ4v) is 9.29. The van der Waals surface area contributed by atoms with Gasteiger partial charge in [0.1, 0.15) is 0 Å². The number of fused-ring (bicyclic) bond motifs is 4. The van der Waals surface area contributed by atoms with Gasteiger partial charge in [0, 0.05) is 33.5 Å². The molecule has 0 spiro atoms. The molecule has 0 radical (unpaired) electrons. The lowest BCUT2D eigenvalue weighted by molar-refractivity contribution is 0.930. The molecule has 8 aromatic carbocycles. The molecule has 1 aliphatic rings. The van der Waals surface area contributed by atoms with Crippen molar-refractivity contribution in [3.63, 3.8) is 0 Å². The standard InChI is InChI=1S/C56H46N2/c1-37-15-11-13-21-48(37)49-31-30-47(33-40(49)4)57(44-17-7-5-8-18-44)46-28-25-41(26-29-46)42-27-32-54-52(34-42)53-35-43-24-23-39(3)56(50-22-14-12-16-38(50)2)51(43)36-55(53)58(54)45-19-9-6-10-20-45/h5-25,27-28,30-36H,26,29H2,1-4H3. The molecule has 0 saturated heterocycles. The van der Waals surface area contributed by atoms with Crippen LogP contribution in [0.4, 0.5) is 11.4 Å². The fraction of sp³-hybridized carbons (Fsp3) is 0.107. The van der Waals surface area contributed by atoms with Crippen LogP contribution >= 0.6 is 0 Å². The summed E-state index contributed by atoms with van der Waals surface area (Å²) in [5, 5.41) is 5.11. The van der Waals surface area contributed by atoms with Crippen molar-refractivity contribution in [3.8, 4) is 27.9 Å². The summed E-state index contributed by atoms with van der Waals surface area (Å²) in [6.07, 6.45) is 6.60. The Balaban J connectivity index is 1.09. The molecule has 0 unspecified atom stereocenters. The van der Waals surface area contributed by atoms with Gasteiger partial charge in [0.05, 0.1) is 11.0 Å². The van der Waals surface area contributed by atoms with Crippen LogP contribution in [0.25, 0.3) is 66.1 Å². The van der Waals surface area contributed by atoms with E-state index in [-0.39, 0.29) is 0 Å². The Hall–Kier alpha value is -6.90. The van der Waals surface area contributed by atoms with E-state index in [1.165, 1.54) is 111 Å². The minimum atomic E-state index is 0.939. The molecule has 1 aromatic heterocycles. The summed E-state index contributed by atoms with van der Waals surface area (Å²) in [6.45, 7) is 8.89. The van der Waals surface area contributed by atoms with Crippen molar-refractivity contribution in [1.82, 2.24) is 4.57 Å². The van der Waals surface area contributed by atoms with Gasteiger partial charge in [-0.3, -0.25) is 0 Å². The van der Waals surface area contributed by atoms with Crippen molar-refractivity contribution in [3.05, 3.63) is 216 Å². The van der Waals surface area contributed by atoms with Crippen LogP contribution in [0.3, 0.4) is 0 Å². The maximum Gasteiger partial charge on any atom is 0.0547 e. The van der Waals surface area contributed by atoms with E-state index in [2.05, 4.69) is 219 Å². The van der Waals surface area contributed by atoms with E-state index in [0.717, 1.165) is 12.8 Å². The SMILES string of the molecule is Cc1ccccc1-c1ccc(N(C2=CC=C(c3ccc4c(c3)c3cc5ccc(C)c(-c6ccccc6C)c5cc3n4-c3ccccc3)CC2)c2ccccc2)cc1C. The molecule has 2 nitrogen and oxygen atoms in total. The maximum absolute atomic E-state index is 2.45. The van der Waals surface area contributed by atoms with E-state index >= 15 is 0 Å². The molecule has 0 fully saturated rings. The molecule has 0 aliphatic heterocycles. The summed E-state index contributed by atoms with van der Waals surface area (Å²) in [5.74, 6) is 0. The first-order valence-corrected chi connectivity index (χ1v) is 20.5. The van der Waals surface area contributed by atoms with E-state index in [0.29, 0.717) is 0 Å². The summed E-state index contributed by atoms with van der Waals surface area (Å²) in [7, 11) is 0. The zero-order valence-corrected chi connectivity index (χ0v) is 33.6. The van der Waals surface area contributed by atoms with Crippen LogP contribution in [-0.4, -0.2) is 4.57 Å². The molecular formula is C56H46N2. The summed E-state index contributed by atoms with van der Waals surface area (Å²) in [6, 6.07) is 62.5. The van der Waals surface area contributed by atoms with Gasteiger partial charge in [-0.25, -0.2) is 0 Å². The van der Waals surface area contributed by atoms with E-state index < -0.39 is 0 Å². The summed E-state index contributed by atoms with van der Waals surface area (Å²) in [4.78, 5) is 2.44. The van der Waals surface area contributed by atoms with Crippen LogP contribution in [0.15, 0.2) is 188 Å². The number of allylic oxidation sites excluding steroid dienone is 4. The van der Waals surface area contributed by atoms with E-state index in [4.69, 9.17) is 0 Å². The molecule has 0 saturated carbocycles. The predicted octanol–water partition coefficient (Wildman–Crippen LogP) is 15.4. The Morgan fingerprint density at radius 3 is 1.81 bits per heavy atom. The molecular weight excluding hydrogens is 701 g/mol. The van der Waals surface area contributed by atoms with Crippen molar-refractivity contribution in [2.45, 2.75) is 40.5 Å². The molecule has 280 valence electrons. The van der Waals surface area contributed by atoms with Crippen LogP contribution in [0.1, 0.15) is 40.7 Å². The third-order valence-electron chi connectivity index (χ3n) is 12.2. The average Bonchev–Trinajstić information content (AvgIpc) is 3.57. The Kier molecular flexibility index (Phi) is 8.91. The Labute approximate surface area is 341 Å². The van der Waals surface area contributed by atoms with Gasteiger partial charge in [0.2, 0.25) is 0 Å². The molecule has 1 aliphatic carbocycles. The number of nitrogens with zero attached hydrogens (tertiary/aromatic N) is 2. The summed E-state index contributed by atoms with van der Waals surface area (Å²) < 4.78 is 2.45. The van der Waals surface area contributed by atoms with E-state index in [9.17, 15) is 0 Å². The van der Waals surface area contributed by atoms with Crippen LogP contribution in [0.2, 0.25) is 0 Å². The second kappa shape index (κ2) is 14.6. The smallest absolute Gasteiger partial charge is 0.0547 e. The molecule has 0 amide bonds. The van der Waals surface area contributed by atoms with Crippen molar-refractivity contribution < 1.29 is 0 Å². The predicted molar refractivity (Wildman–Crippen MR) is 248 cm³/mol. The van der Waals surface area contributed by atoms with Gasteiger partial charge >= 0.3 is 0 Å². The zero-order valence-electron chi connectivity index (χ0n) is 33.6. The normalized spacial score (nSPS) is 12.9. The van der Waals surface area contributed by atoms with Gasteiger partial charge in [-0.2, -0.15) is 0 Å². The van der Waals surface area contributed by atoms with Gasteiger partial charge in [-0.15, -0.1) is 0 Å². The summed E-state index contributed by atoms with van der Waals surface area (Å²) in [5.41, 5.74) is 20.3. The van der Waals surface area contributed by atoms with Crippen molar-refractivity contribution in [2.24, 2.45) is 0 Å².